The van der Waals surface area contributed by atoms with Crippen molar-refractivity contribution < 1.29 is 19.0 Å². The molecule has 0 saturated heterocycles. The zero-order valence-corrected chi connectivity index (χ0v) is 15.4. The Bertz CT molecular complexity index is 742. The van der Waals surface area contributed by atoms with E-state index in [0.29, 0.717) is 11.5 Å². The zero-order valence-electron chi connectivity index (χ0n) is 15.4. The van der Waals surface area contributed by atoms with Crippen LogP contribution in [0.2, 0.25) is 0 Å². The van der Waals surface area contributed by atoms with Crippen LogP contribution in [0.25, 0.3) is 0 Å². The molecule has 2 aromatic carbocycles. The van der Waals surface area contributed by atoms with Gasteiger partial charge in [0.05, 0.1) is 33.8 Å². The van der Waals surface area contributed by atoms with Gasteiger partial charge >= 0.3 is 0 Å². The number of benzene rings is 2. The summed E-state index contributed by atoms with van der Waals surface area (Å²) in [6, 6.07) is 11.1. The maximum Gasteiger partial charge on any atom is 0.225 e. The molecular formula is C20H25NO4. The van der Waals surface area contributed by atoms with Gasteiger partial charge in [0, 0.05) is 11.1 Å². The van der Waals surface area contributed by atoms with E-state index in [1.54, 1.807) is 21.3 Å². The molecule has 0 fully saturated rings. The lowest BCUT2D eigenvalue weighted by molar-refractivity contribution is -0.121. The number of amides is 1. The Labute approximate surface area is 148 Å². The van der Waals surface area contributed by atoms with Crippen LogP contribution in [0.5, 0.6) is 17.2 Å². The molecule has 5 heteroatoms. The van der Waals surface area contributed by atoms with E-state index in [1.807, 2.05) is 50.2 Å². The summed E-state index contributed by atoms with van der Waals surface area (Å²) in [6.07, 6.45) is 0.251. The lowest BCUT2D eigenvalue weighted by Crippen LogP contribution is -2.28. The van der Waals surface area contributed by atoms with E-state index in [0.717, 1.165) is 22.4 Å². The first-order valence-corrected chi connectivity index (χ1v) is 8.13. The normalized spacial score (nSPS) is 11.6. The van der Waals surface area contributed by atoms with Crippen LogP contribution in [0.1, 0.15) is 29.7 Å². The van der Waals surface area contributed by atoms with Crippen molar-refractivity contribution in [2.45, 2.75) is 26.3 Å². The predicted octanol–water partition coefficient (Wildman–Crippen LogP) is 3.44. The van der Waals surface area contributed by atoms with Gasteiger partial charge < -0.3 is 19.5 Å². The topological polar surface area (TPSA) is 56.8 Å². The minimum absolute atomic E-state index is 0.0822. The summed E-state index contributed by atoms with van der Waals surface area (Å²) in [5, 5.41) is 3.01. The fraction of sp³-hybridized carbons (Fsp3) is 0.350. The third-order valence-electron chi connectivity index (χ3n) is 4.07. The summed E-state index contributed by atoms with van der Waals surface area (Å²) in [4.78, 5) is 12.5. The molecule has 1 N–H and O–H groups in total. The molecule has 0 aliphatic carbocycles. The van der Waals surface area contributed by atoms with Crippen LogP contribution in [0.3, 0.4) is 0 Å². The molecule has 0 aliphatic heterocycles. The average Bonchev–Trinajstić information content (AvgIpc) is 2.61. The highest BCUT2D eigenvalue weighted by Gasteiger charge is 2.16. The number of ether oxygens (including phenoxy) is 3. The van der Waals surface area contributed by atoms with Gasteiger partial charge in [-0.15, -0.1) is 0 Å². The van der Waals surface area contributed by atoms with E-state index in [-0.39, 0.29) is 18.4 Å². The zero-order chi connectivity index (χ0) is 18.4. The van der Waals surface area contributed by atoms with E-state index >= 15 is 0 Å². The Balaban J connectivity index is 2.14. The van der Waals surface area contributed by atoms with Gasteiger partial charge in [0.1, 0.15) is 17.2 Å². The van der Waals surface area contributed by atoms with Crippen molar-refractivity contribution in [2.75, 3.05) is 21.3 Å². The van der Waals surface area contributed by atoms with Crippen LogP contribution in [0.15, 0.2) is 36.4 Å². The first-order chi connectivity index (χ1) is 12.0. The second-order valence-electron chi connectivity index (χ2n) is 5.89. The first-order valence-electron chi connectivity index (χ1n) is 8.13. The molecule has 0 aliphatic rings. The molecule has 0 spiro atoms. The quantitative estimate of drug-likeness (QED) is 0.837. The van der Waals surface area contributed by atoms with Gasteiger partial charge in [0.15, 0.2) is 0 Å². The number of aryl methyl sites for hydroxylation is 1. The number of carbonyl (C=O) groups excluding carboxylic acids is 1. The molecule has 2 rings (SSSR count). The number of nitrogens with one attached hydrogen (secondary N) is 1. The Morgan fingerprint density at radius 2 is 1.68 bits per heavy atom. The summed E-state index contributed by atoms with van der Waals surface area (Å²) in [5.41, 5.74) is 2.82. The molecule has 0 unspecified atom stereocenters. The van der Waals surface area contributed by atoms with Crippen molar-refractivity contribution in [1.82, 2.24) is 5.32 Å². The molecule has 5 nitrogen and oxygen atoms in total. The SMILES string of the molecule is COc1ccc(OC)c([C@H](C)NC(=O)Cc2cc(C)ccc2OC)c1. The van der Waals surface area contributed by atoms with E-state index in [4.69, 9.17) is 14.2 Å². The third-order valence-corrected chi connectivity index (χ3v) is 4.07. The highest BCUT2D eigenvalue weighted by molar-refractivity contribution is 5.80. The summed E-state index contributed by atoms with van der Waals surface area (Å²) in [6.45, 7) is 3.91. The van der Waals surface area contributed by atoms with Crippen molar-refractivity contribution in [3.8, 4) is 17.2 Å². The van der Waals surface area contributed by atoms with E-state index in [1.165, 1.54) is 0 Å². The summed E-state index contributed by atoms with van der Waals surface area (Å²) < 4.78 is 16.0. The summed E-state index contributed by atoms with van der Waals surface area (Å²) >= 11 is 0. The van der Waals surface area contributed by atoms with Gasteiger partial charge in [-0.05, 0) is 38.1 Å². The number of methoxy groups -OCH3 is 3. The van der Waals surface area contributed by atoms with Crippen LogP contribution in [0, 0.1) is 6.92 Å². The molecule has 0 radical (unpaired) electrons. The van der Waals surface area contributed by atoms with Crippen LogP contribution in [0.4, 0.5) is 0 Å². The molecule has 0 heterocycles. The molecule has 1 atom stereocenters. The number of rotatable bonds is 7. The maximum atomic E-state index is 12.5. The van der Waals surface area contributed by atoms with Gasteiger partial charge in [-0.1, -0.05) is 17.7 Å². The Morgan fingerprint density at radius 3 is 2.32 bits per heavy atom. The third kappa shape index (κ3) is 4.66. The minimum atomic E-state index is -0.214. The summed E-state index contributed by atoms with van der Waals surface area (Å²) in [5.74, 6) is 2.06. The Kier molecular flexibility index (Phi) is 6.28. The van der Waals surface area contributed by atoms with Crippen LogP contribution < -0.4 is 19.5 Å². The second-order valence-corrected chi connectivity index (χ2v) is 5.89. The second kappa shape index (κ2) is 8.42. The van der Waals surface area contributed by atoms with Crippen molar-refractivity contribution in [3.63, 3.8) is 0 Å². The first kappa shape index (κ1) is 18.6. The molecular weight excluding hydrogens is 318 g/mol. The molecule has 0 saturated carbocycles. The standard InChI is InChI=1S/C20H25NO4/c1-13-6-8-18(24-4)15(10-13)11-20(22)21-14(2)17-12-16(23-3)7-9-19(17)25-5/h6-10,12,14H,11H2,1-5H3,(H,21,22)/t14-/m0/s1. The predicted molar refractivity (Wildman–Crippen MR) is 97.5 cm³/mol. The highest BCUT2D eigenvalue weighted by atomic mass is 16.5. The molecule has 134 valence electrons. The molecule has 0 bridgehead atoms. The fourth-order valence-corrected chi connectivity index (χ4v) is 2.77. The van der Waals surface area contributed by atoms with Gasteiger partial charge in [0.25, 0.3) is 0 Å². The van der Waals surface area contributed by atoms with Gasteiger partial charge in [-0.3, -0.25) is 4.79 Å². The van der Waals surface area contributed by atoms with Crippen molar-refractivity contribution in [2.24, 2.45) is 0 Å². The smallest absolute Gasteiger partial charge is 0.225 e. The van der Waals surface area contributed by atoms with Gasteiger partial charge in [-0.25, -0.2) is 0 Å². The Morgan fingerprint density at radius 1 is 1.00 bits per heavy atom. The molecule has 2 aromatic rings. The van der Waals surface area contributed by atoms with Crippen LogP contribution >= 0.6 is 0 Å². The van der Waals surface area contributed by atoms with Crippen molar-refractivity contribution in [3.05, 3.63) is 53.1 Å². The lowest BCUT2D eigenvalue weighted by atomic mass is 10.0. The number of carbonyl (C=O) groups is 1. The van der Waals surface area contributed by atoms with Crippen LogP contribution in [-0.2, 0) is 11.2 Å². The number of hydrogen-bond acceptors (Lipinski definition) is 4. The van der Waals surface area contributed by atoms with Crippen LogP contribution in [-0.4, -0.2) is 27.2 Å². The minimum Gasteiger partial charge on any atom is -0.497 e. The highest BCUT2D eigenvalue weighted by Crippen LogP contribution is 2.29. The van der Waals surface area contributed by atoms with E-state index < -0.39 is 0 Å². The lowest BCUT2D eigenvalue weighted by Gasteiger charge is -2.19. The molecule has 25 heavy (non-hydrogen) atoms. The molecule has 0 aromatic heterocycles. The monoisotopic (exact) mass is 343 g/mol. The maximum absolute atomic E-state index is 12.5. The van der Waals surface area contributed by atoms with Gasteiger partial charge in [-0.2, -0.15) is 0 Å². The summed E-state index contributed by atoms with van der Waals surface area (Å²) in [7, 11) is 4.83. The number of hydrogen-bond donors (Lipinski definition) is 1. The largest absolute Gasteiger partial charge is 0.497 e. The van der Waals surface area contributed by atoms with E-state index in [9.17, 15) is 4.79 Å². The Hall–Kier alpha value is -2.69. The fourth-order valence-electron chi connectivity index (χ4n) is 2.77. The van der Waals surface area contributed by atoms with Crippen molar-refractivity contribution in [1.29, 1.82) is 0 Å². The van der Waals surface area contributed by atoms with E-state index in [2.05, 4.69) is 5.32 Å². The van der Waals surface area contributed by atoms with Crippen molar-refractivity contribution >= 4 is 5.91 Å². The molecule has 1 amide bonds. The average molecular weight is 343 g/mol. The van der Waals surface area contributed by atoms with Gasteiger partial charge in [0.2, 0.25) is 5.91 Å².